The molecule has 6 aliphatic carbocycles. The van der Waals surface area contributed by atoms with Gasteiger partial charge in [-0.15, -0.1) is 30.4 Å². The first kappa shape index (κ1) is 47.1. The van der Waals surface area contributed by atoms with Gasteiger partial charge >= 0.3 is 28.4 Å². The van der Waals surface area contributed by atoms with Crippen molar-refractivity contribution < 1.29 is 24.2 Å². The van der Waals surface area contributed by atoms with Gasteiger partial charge in [-0.2, -0.15) is 113 Å². The summed E-state index contributed by atoms with van der Waals surface area (Å²) in [7, 11) is 0. The molecule has 1 atom stereocenters. The van der Waals surface area contributed by atoms with Crippen molar-refractivity contribution in [3.63, 3.8) is 0 Å². The maximum absolute atomic E-state index is 3.57. The fourth-order valence-electron chi connectivity index (χ4n) is 9.78. The largest absolute Gasteiger partial charge is 0.179 e. The van der Waals surface area contributed by atoms with Gasteiger partial charge in [0.25, 0.3) is 0 Å². The molecule has 0 radical (unpaired) electrons. The van der Waals surface area contributed by atoms with Gasteiger partial charge in [0.05, 0.1) is 0 Å². The van der Waals surface area contributed by atoms with E-state index in [1.807, 2.05) is 30.3 Å². The predicted molar refractivity (Wildman–Crippen MR) is 238 cm³/mol. The molecule has 0 N–H and O–H groups in total. The van der Waals surface area contributed by atoms with Crippen molar-refractivity contribution >= 4 is 29.0 Å². The minimum absolute atomic E-state index is 0. The van der Waals surface area contributed by atoms with Crippen LogP contribution in [0.2, 0.25) is 0 Å². The SMILES string of the molecule is CC(C)(C)c1cc[c-]cc1.CC(C)(C)c1cc[c-]cc1.CC1=[C-]C(C)C=C1CC12CC3CC(CC(C3)C1)C2.Cl.Cl.[CH2]=[Zr].[c-]1cccc2c1Cc1ccccc1-2. The third-order valence-corrected chi connectivity index (χ3v) is 11.9. The van der Waals surface area contributed by atoms with Crippen LogP contribution in [0.25, 0.3) is 11.1 Å². The summed E-state index contributed by atoms with van der Waals surface area (Å²) < 4.78 is 3.34. The predicted octanol–water partition coefficient (Wildman–Crippen LogP) is 14.4. The third-order valence-electron chi connectivity index (χ3n) is 11.9. The number of halogens is 2. The molecule has 294 valence electrons. The zero-order valence-corrected chi connectivity index (χ0v) is 38.8. The normalized spacial score (nSPS) is 23.3. The van der Waals surface area contributed by atoms with Gasteiger partial charge in [-0.1, -0.05) is 103 Å². The Balaban J connectivity index is 0.000000198. The second kappa shape index (κ2) is 20.9. The molecule has 10 rings (SSSR count). The Labute approximate surface area is 363 Å². The molecule has 0 spiro atoms. The second-order valence-corrected chi connectivity index (χ2v) is 18.3. The molecule has 4 bridgehead atoms. The van der Waals surface area contributed by atoms with Crippen molar-refractivity contribution in [3.8, 4) is 11.1 Å². The zero-order valence-electron chi connectivity index (χ0n) is 34.7. The van der Waals surface area contributed by atoms with Gasteiger partial charge in [0.1, 0.15) is 0 Å². The second-order valence-electron chi connectivity index (χ2n) is 18.3. The molecule has 3 heteroatoms. The Kier molecular flexibility index (Phi) is 17.9. The van der Waals surface area contributed by atoms with E-state index in [1.165, 1.54) is 69.6 Å². The molecule has 0 amide bonds. The van der Waals surface area contributed by atoms with E-state index in [0.717, 1.165) is 24.2 Å². The molecule has 55 heavy (non-hydrogen) atoms. The zero-order chi connectivity index (χ0) is 38.2. The summed E-state index contributed by atoms with van der Waals surface area (Å²) in [6, 6.07) is 40.4. The van der Waals surface area contributed by atoms with Crippen molar-refractivity contribution in [1.82, 2.24) is 0 Å². The fraction of sp³-hybridized carbons (Fsp3) is 0.442. The van der Waals surface area contributed by atoms with Crippen LogP contribution < -0.4 is 0 Å². The van der Waals surface area contributed by atoms with Crippen LogP contribution >= 0.6 is 24.8 Å². The molecule has 1 unspecified atom stereocenters. The maximum Gasteiger partial charge on any atom is -0.0253 e. The first-order valence-electron chi connectivity index (χ1n) is 20.0. The van der Waals surface area contributed by atoms with E-state index in [-0.39, 0.29) is 35.6 Å². The first-order chi connectivity index (χ1) is 25.3. The van der Waals surface area contributed by atoms with Crippen molar-refractivity contribution in [2.75, 3.05) is 0 Å². The van der Waals surface area contributed by atoms with Crippen LogP contribution in [-0.4, -0.2) is 4.21 Å². The first-order valence-corrected chi connectivity index (χ1v) is 21.7. The van der Waals surface area contributed by atoms with Crippen molar-refractivity contribution in [3.05, 3.63) is 155 Å². The smallest absolute Gasteiger partial charge is 0.0253 e. The molecule has 4 aromatic rings. The molecular weight excluding hydrogens is 787 g/mol. The Morgan fingerprint density at radius 2 is 1.15 bits per heavy atom. The number of hydrogen-bond donors (Lipinski definition) is 0. The molecular formula is C52H64Cl2Zr-4. The molecule has 0 nitrogen and oxygen atoms in total. The van der Waals surface area contributed by atoms with Crippen LogP contribution in [0.3, 0.4) is 0 Å². The van der Waals surface area contributed by atoms with E-state index in [0.29, 0.717) is 11.3 Å². The van der Waals surface area contributed by atoms with Gasteiger partial charge in [-0.3, -0.25) is 6.08 Å². The molecule has 4 fully saturated rings. The molecule has 0 aromatic heterocycles. The average Bonchev–Trinajstić information content (AvgIpc) is 3.67. The van der Waals surface area contributed by atoms with E-state index in [1.54, 1.807) is 44.1 Å². The van der Waals surface area contributed by atoms with Gasteiger partial charge < -0.3 is 0 Å². The fourth-order valence-corrected chi connectivity index (χ4v) is 9.78. The molecule has 4 saturated carbocycles. The summed E-state index contributed by atoms with van der Waals surface area (Å²) >= 11 is 1.30. The molecule has 4 aromatic carbocycles. The minimum Gasteiger partial charge on any atom is -0.179 e. The average molecular weight is 851 g/mol. The van der Waals surface area contributed by atoms with Crippen LogP contribution in [0.4, 0.5) is 0 Å². The van der Waals surface area contributed by atoms with Gasteiger partial charge in [0.2, 0.25) is 0 Å². The van der Waals surface area contributed by atoms with Gasteiger partial charge in [-0.25, -0.2) is 5.57 Å². The monoisotopic (exact) mass is 848 g/mol. The Morgan fingerprint density at radius 1 is 0.673 bits per heavy atom. The summed E-state index contributed by atoms with van der Waals surface area (Å²) in [5.41, 5.74) is 12.6. The number of rotatable bonds is 2. The van der Waals surface area contributed by atoms with Crippen LogP contribution in [-0.2, 0) is 41.5 Å². The van der Waals surface area contributed by atoms with Gasteiger partial charge in [0.15, 0.2) is 0 Å². The van der Waals surface area contributed by atoms with Crippen molar-refractivity contribution in [2.45, 2.75) is 118 Å². The van der Waals surface area contributed by atoms with Crippen molar-refractivity contribution in [1.29, 1.82) is 0 Å². The number of hydrogen-bond acceptors (Lipinski definition) is 0. The van der Waals surface area contributed by atoms with Crippen LogP contribution in [0, 0.1) is 53.4 Å². The Bertz CT molecular complexity index is 1690. The minimum atomic E-state index is 0. The number of fused-ring (bicyclic) bond motifs is 3. The van der Waals surface area contributed by atoms with Crippen LogP contribution in [0.1, 0.15) is 123 Å². The molecule has 0 saturated heterocycles. The van der Waals surface area contributed by atoms with Gasteiger partial charge in [0, 0.05) is 0 Å². The van der Waals surface area contributed by atoms with E-state index < -0.39 is 0 Å². The van der Waals surface area contributed by atoms with E-state index in [9.17, 15) is 0 Å². The standard InChI is InChI=1S/C18H25.C13H9.2C10H13.CH2.2ClH.Zr/c1-12-3-13(2)17(4-12)11-18-8-14-5-15(9-18)7-16(6-14)10-18;1-3-7-12-10(5-1)9-11-6-2-4-8-13(11)12;2*1-10(2,3)9-7-5-4-6-8-9;;;;/h4,12,14-16H,5-11H2,1-2H3;1-5,7-8H,9H2;2*5-8H,1-3H3;1H2;2*1H;/q4*-1;;;;. The molecule has 0 aliphatic heterocycles. The molecule has 0 heterocycles. The molecule has 6 aliphatic rings. The summed E-state index contributed by atoms with van der Waals surface area (Å²) in [5, 5.41) is 0. The Morgan fingerprint density at radius 3 is 1.58 bits per heavy atom. The van der Waals surface area contributed by atoms with E-state index in [4.69, 9.17) is 0 Å². The summed E-state index contributed by atoms with van der Waals surface area (Å²) in [4.78, 5) is 0. The van der Waals surface area contributed by atoms with E-state index in [2.05, 4.69) is 151 Å². The number of benzene rings is 4. The quantitative estimate of drug-likeness (QED) is 0.155. The summed E-state index contributed by atoms with van der Waals surface area (Å²) in [5.74, 6) is 3.82. The van der Waals surface area contributed by atoms with Gasteiger partial charge in [-0.05, 0) is 78.9 Å². The van der Waals surface area contributed by atoms with Crippen LogP contribution in [0.15, 0.2) is 108 Å². The van der Waals surface area contributed by atoms with Crippen LogP contribution in [0.5, 0.6) is 0 Å². The summed E-state index contributed by atoms with van der Waals surface area (Å²) in [6.07, 6.45) is 17.8. The van der Waals surface area contributed by atoms with E-state index >= 15 is 0 Å². The summed E-state index contributed by atoms with van der Waals surface area (Å²) in [6.45, 7) is 17.8. The van der Waals surface area contributed by atoms with Crippen molar-refractivity contribution in [2.24, 2.45) is 29.1 Å². The Hall–Kier alpha value is -2.31. The maximum atomic E-state index is 3.57. The third kappa shape index (κ3) is 12.8. The number of allylic oxidation sites excluding steroid dienone is 4. The topological polar surface area (TPSA) is 0 Å².